The summed E-state index contributed by atoms with van der Waals surface area (Å²) < 4.78 is 1.61. The molecule has 186 valence electrons. The van der Waals surface area contributed by atoms with Gasteiger partial charge in [-0.15, -0.1) is 0 Å². The van der Waals surface area contributed by atoms with E-state index in [0.29, 0.717) is 28.2 Å². The fraction of sp³-hybridized carbons (Fsp3) is 0.556. The van der Waals surface area contributed by atoms with Crippen LogP contribution in [0.1, 0.15) is 65.3 Å². The van der Waals surface area contributed by atoms with Crippen molar-refractivity contribution >= 4 is 23.2 Å². The lowest BCUT2D eigenvalue weighted by molar-refractivity contribution is 0.0950. The highest BCUT2D eigenvalue weighted by Gasteiger charge is 2.28. The molecule has 2 aromatic rings. The summed E-state index contributed by atoms with van der Waals surface area (Å²) in [7, 11) is 6.06. The zero-order valence-electron chi connectivity index (χ0n) is 21.7. The number of nitrogens with one attached hydrogen (secondary N) is 1. The molecule has 0 spiro atoms. The van der Waals surface area contributed by atoms with E-state index in [1.54, 1.807) is 17.7 Å². The molecule has 0 saturated heterocycles. The summed E-state index contributed by atoms with van der Waals surface area (Å²) in [6.45, 7) is 9.00. The van der Waals surface area contributed by atoms with Gasteiger partial charge < -0.3 is 19.7 Å². The summed E-state index contributed by atoms with van der Waals surface area (Å²) >= 11 is 6.51. The third-order valence-corrected chi connectivity index (χ3v) is 7.71. The molecule has 1 saturated carbocycles. The molecular weight excluding hydrogens is 448 g/mol. The number of hydrogen-bond donors (Lipinski definition) is 1. The standard InChI is InChI=1S/C27H39ClN4O2/c1-8-32(22-11-9-21(10-12-22)30(5)6)25-15-20(28)14-23(19(25)4)26(33)29-16-24-17(2)13-18(3)31(7)27(24)34/h13-15,21-22H,8-12,16H2,1-7H3,(H,29,33). The average molecular weight is 487 g/mol. The third-order valence-electron chi connectivity index (χ3n) is 7.50. The molecule has 0 unspecified atom stereocenters. The minimum Gasteiger partial charge on any atom is -0.369 e. The van der Waals surface area contributed by atoms with Crippen LogP contribution >= 0.6 is 11.6 Å². The van der Waals surface area contributed by atoms with E-state index in [4.69, 9.17) is 11.6 Å². The van der Waals surface area contributed by atoms with Crippen LogP contribution in [0.15, 0.2) is 23.0 Å². The van der Waals surface area contributed by atoms with Crippen LogP contribution in [-0.4, -0.2) is 48.1 Å². The second-order valence-electron chi connectivity index (χ2n) is 9.80. The molecule has 0 bridgehead atoms. The number of aryl methyl sites for hydroxylation is 2. The van der Waals surface area contributed by atoms with Crippen molar-refractivity contribution in [2.24, 2.45) is 7.05 Å². The summed E-state index contributed by atoms with van der Waals surface area (Å²) in [5.41, 5.74) is 4.82. The van der Waals surface area contributed by atoms with Gasteiger partial charge in [-0.1, -0.05) is 11.6 Å². The maximum Gasteiger partial charge on any atom is 0.255 e. The quantitative estimate of drug-likeness (QED) is 0.621. The van der Waals surface area contributed by atoms with Crippen LogP contribution in [-0.2, 0) is 13.6 Å². The predicted molar refractivity (Wildman–Crippen MR) is 141 cm³/mol. The first-order valence-corrected chi connectivity index (χ1v) is 12.6. The van der Waals surface area contributed by atoms with Crippen LogP contribution in [0.25, 0.3) is 0 Å². The van der Waals surface area contributed by atoms with Gasteiger partial charge in [0.2, 0.25) is 0 Å². The Hall–Kier alpha value is -2.31. The van der Waals surface area contributed by atoms with Crippen molar-refractivity contribution in [2.45, 2.75) is 72.0 Å². The molecule has 1 aliphatic rings. The number of halogens is 1. The number of carbonyl (C=O) groups is 1. The van der Waals surface area contributed by atoms with Crippen molar-refractivity contribution in [2.75, 3.05) is 25.5 Å². The highest BCUT2D eigenvalue weighted by Crippen LogP contribution is 2.34. The molecule has 34 heavy (non-hydrogen) atoms. The highest BCUT2D eigenvalue weighted by atomic mass is 35.5. The Labute approximate surface area is 208 Å². The average Bonchev–Trinajstić information content (AvgIpc) is 2.80. The van der Waals surface area contributed by atoms with Crippen LogP contribution in [0, 0.1) is 20.8 Å². The number of benzene rings is 1. The number of nitrogens with zero attached hydrogens (tertiary/aromatic N) is 3. The summed E-state index contributed by atoms with van der Waals surface area (Å²) in [5, 5.41) is 3.51. The summed E-state index contributed by atoms with van der Waals surface area (Å²) in [6.07, 6.45) is 4.60. The molecule has 1 N–H and O–H groups in total. The van der Waals surface area contributed by atoms with E-state index in [9.17, 15) is 9.59 Å². The molecule has 1 aromatic heterocycles. The van der Waals surface area contributed by atoms with Gasteiger partial charge in [0.05, 0.1) is 0 Å². The zero-order valence-corrected chi connectivity index (χ0v) is 22.4. The number of aromatic nitrogens is 1. The number of amides is 1. The van der Waals surface area contributed by atoms with Crippen LogP contribution < -0.4 is 15.8 Å². The first kappa shape index (κ1) is 26.3. The molecule has 1 amide bonds. The molecular formula is C27H39ClN4O2. The Morgan fingerprint density at radius 1 is 1.09 bits per heavy atom. The van der Waals surface area contributed by atoms with Gasteiger partial charge in [0, 0.05) is 59.8 Å². The minimum absolute atomic E-state index is 0.0770. The van der Waals surface area contributed by atoms with E-state index in [2.05, 4.69) is 36.1 Å². The molecule has 7 heteroatoms. The Balaban J connectivity index is 1.83. The first-order chi connectivity index (χ1) is 16.0. The van der Waals surface area contributed by atoms with Crippen LogP contribution in [0.2, 0.25) is 5.02 Å². The number of hydrogen-bond acceptors (Lipinski definition) is 4. The molecule has 1 fully saturated rings. The summed E-state index contributed by atoms with van der Waals surface area (Å²) in [5.74, 6) is -0.212. The summed E-state index contributed by atoms with van der Waals surface area (Å²) in [6, 6.07) is 6.75. The van der Waals surface area contributed by atoms with Crippen molar-refractivity contribution in [1.82, 2.24) is 14.8 Å². The Kier molecular flexibility index (Phi) is 8.47. The number of pyridine rings is 1. The van der Waals surface area contributed by atoms with Gasteiger partial charge in [0.15, 0.2) is 0 Å². The van der Waals surface area contributed by atoms with Gasteiger partial charge in [-0.25, -0.2) is 0 Å². The lowest BCUT2D eigenvalue weighted by Gasteiger charge is -2.40. The van der Waals surface area contributed by atoms with Crippen molar-refractivity contribution in [3.8, 4) is 0 Å². The predicted octanol–water partition coefficient (Wildman–Crippen LogP) is 4.59. The topological polar surface area (TPSA) is 57.6 Å². The van der Waals surface area contributed by atoms with Gasteiger partial charge in [-0.3, -0.25) is 9.59 Å². The molecule has 0 radical (unpaired) electrons. The van der Waals surface area contributed by atoms with Gasteiger partial charge in [-0.05, 0) is 96.8 Å². The Morgan fingerprint density at radius 3 is 2.29 bits per heavy atom. The summed E-state index contributed by atoms with van der Waals surface area (Å²) in [4.78, 5) is 30.6. The molecule has 0 atom stereocenters. The molecule has 6 nitrogen and oxygen atoms in total. The van der Waals surface area contributed by atoms with Crippen molar-refractivity contribution in [1.29, 1.82) is 0 Å². The Bertz CT molecular complexity index is 1100. The second-order valence-corrected chi connectivity index (χ2v) is 10.2. The second kappa shape index (κ2) is 11.0. The van der Waals surface area contributed by atoms with Crippen molar-refractivity contribution < 1.29 is 4.79 Å². The molecule has 0 aliphatic heterocycles. The van der Waals surface area contributed by atoms with Crippen molar-refractivity contribution in [3.63, 3.8) is 0 Å². The van der Waals surface area contributed by atoms with E-state index in [1.807, 2.05) is 32.9 Å². The van der Waals surface area contributed by atoms with Gasteiger partial charge in [-0.2, -0.15) is 0 Å². The Morgan fingerprint density at radius 2 is 1.71 bits per heavy atom. The normalized spacial score (nSPS) is 18.3. The fourth-order valence-electron chi connectivity index (χ4n) is 5.22. The third kappa shape index (κ3) is 5.49. The van der Waals surface area contributed by atoms with Gasteiger partial charge in [0.25, 0.3) is 11.5 Å². The first-order valence-electron chi connectivity index (χ1n) is 12.2. The molecule has 1 aliphatic carbocycles. The molecule has 3 rings (SSSR count). The van der Waals surface area contributed by atoms with E-state index in [1.165, 1.54) is 12.8 Å². The van der Waals surface area contributed by atoms with E-state index >= 15 is 0 Å². The van der Waals surface area contributed by atoms with E-state index < -0.39 is 0 Å². The smallest absolute Gasteiger partial charge is 0.255 e. The van der Waals surface area contributed by atoms with Crippen LogP contribution in [0.3, 0.4) is 0 Å². The molecule has 1 heterocycles. The zero-order chi connectivity index (χ0) is 25.2. The SMILES string of the molecule is CCN(c1cc(Cl)cc(C(=O)NCc2c(C)cc(C)n(C)c2=O)c1C)C1CCC(N(C)C)CC1. The van der Waals surface area contributed by atoms with Crippen LogP contribution in [0.4, 0.5) is 5.69 Å². The van der Waals surface area contributed by atoms with Gasteiger partial charge >= 0.3 is 0 Å². The number of carbonyl (C=O) groups excluding carboxylic acids is 1. The number of anilines is 1. The van der Waals surface area contributed by atoms with E-state index in [-0.39, 0.29) is 18.0 Å². The molecule has 1 aromatic carbocycles. The maximum absolute atomic E-state index is 13.2. The monoisotopic (exact) mass is 486 g/mol. The fourth-order valence-corrected chi connectivity index (χ4v) is 5.43. The maximum atomic E-state index is 13.2. The van der Waals surface area contributed by atoms with Crippen LogP contribution in [0.5, 0.6) is 0 Å². The van der Waals surface area contributed by atoms with Crippen molar-refractivity contribution in [3.05, 3.63) is 61.5 Å². The van der Waals surface area contributed by atoms with E-state index in [0.717, 1.165) is 41.9 Å². The number of rotatable bonds is 7. The minimum atomic E-state index is -0.212. The van der Waals surface area contributed by atoms with Gasteiger partial charge in [0.1, 0.15) is 0 Å². The highest BCUT2D eigenvalue weighted by molar-refractivity contribution is 6.31. The lowest BCUT2D eigenvalue weighted by Crippen LogP contribution is -2.42. The largest absolute Gasteiger partial charge is 0.369 e. The lowest BCUT2D eigenvalue weighted by atomic mass is 9.89.